The van der Waals surface area contributed by atoms with Gasteiger partial charge in [-0.2, -0.15) is 0 Å². The number of fused-ring (bicyclic) bond motifs is 3. The van der Waals surface area contributed by atoms with Crippen LogP contribution in [-0.2, 0) is 0 Å². The molecule has 1 heterocycles. The van der Waals surface area contributed by atoms with Gasteiger partial charge >= 0.3 is 0 Å². The molecular formula is C48H21B11O. The van der Waals surface area contributed by atoms with Crippen molar-refractivity contribution < 1.29 is 4.42 Å². The van der Waals surface area contributed by atoms with Crippen LogP contribution in [0.25, 0.3) is 88.7 Å². The van der Waals surface area contributed by atoms with Gasteiger partial charge in [0.1, 0.15) is 97.5 Å². The fourth-order valence-electron chi connectivity index (χ4n) is 8.13. The Morgan fingerprint density at radius 2 is 0.533 bits per heavy atom. The Labute approximate surface area is 365 Å². The highest BCUT2D eigenvalue weighted by Gasteiger charge is 2.26. The Morgan fingerprint density at radius 1 is 0.233 bits per heavy atom. The van der Waals surface area contributed by atoms with Crippen LogP contribution in [0.15, 0.2) is 132 Å². The summed E-state index contributed by atoms with van der Waals surface area (Å²) >= 11 is 0. The number of rotatable bonds is 6. The van der Waals surface area contributed by atoms with Gasteiger partial charge in [-0.15, -0.1) is 21.9 Å². The molecule has 0 fully saturated rings. The van der Waals surface area contributed by atoms with E-state index in [4.69, 9.17) is 90.7 Å². The summed E-state index contributed by atoms with van der Waals surface area (Å²) < 4.78 is 6.45. The van der Waals surface area contributed by atoms with Gasteiger partial charge in [-0.05, 0) is 85.0 Å². The van der Waals surface area contributed by atoms with Crippen LogP contribution in [0.5, 0.6) is 0 Å². The van der Waals surface area contributed by atoms with E-state index in [9.17, 15) is 0 Å². The number of benzene rings is 8. The molecule has 0 bridgehead atoms. The maximum absolute atomic E-state index is 7.13. The second kappa shape index (κ2) is 15.4. The highest BCUT2D eigenvalue weighted by atomic mass is 16.3. The molecule has 0 amide bonds. The summed E-state index contributed by atoms with van der Waals surface area (Å²) in [5.41, 5.74) is 10.9. The van der Waals surface area contributed by atoms with E-state index in [1.165, 1.54) is 0 Å². The highest BCUT2D eigenvalue weighted by Crippen LogP contribution is 2.39. The van der Waals surface area contributed by atoms with Crippen LogP contribution in [0.1, 0.15) is 0 Å². The molecule has 22 radical (unpaired) electrons. The molecule has 0 saturated heterocycles. The summed E-state index contributed by atoms with van der Waals surface area (Å²) in [7, 11) is 72.9. The van der Waals surface area contributed by atoms with Crippen molar-refractivity contribution in [2.45, 2.75) is 0 Å². The van der Waals surface area contributed by atoms with Gasteiger partial charge in [0.15, 0.2) is 0 Å². The Hall–Kier alpha value is -5.73. The first kappa shape index (κ1) is 39.7. The van der Waals surface area contributed by atoms with Gasteiger partial charge in [0, 0.05) is 10.8 Å². The van der Waals surface area contributed by atoms with E-state index in [-0.39, 0.29) is 82.4 Å². The van der Waals surface area contributed by atoms with E-state index in [1.54, 1.807) is 0 Å². The third-order valence-electron chi connectivity index (χ3n) is 11.4. The molecule has 1 nitrogen and oxygen atoms in total. The molecular weight excluding hydrogens is 711 g/mol. The molecule has 0 atom stereocenters. The SMILES string of the molecule is [B]c1c([B])c([B])c(-c2c([B])c([B])c3oc4c([B])c([B])c([B])c(-c5cc(-c6ccc(-c7ccccc7)cc6)cc(-c6ccc(-c7ccccc7)cc6)c5)c4c3c2[B])c([B])c1[B]. The lowest BCUT2D eigenvalue weighted by Gasteiger charge is -2.25. The lowest BCUT2D eigenvalue weighted by atomic mass is 9.57. The van der Waals surface area contributed by atoms with E-state index < -0.39 is 0 Å². The zero-order valence-electron chi connectivity index (χ0n) is 32.4. The normalized spacial score (nSPS) is 11.4. The summed E-state index contributed by atoms with van der Waals surface area (Å²) in [6, 6.07) is 43.5. The van der Waals surface area contributed by atoms with Gasteiger partial charge in [0.2, 0.25) is 0 Å². The summed E-state index contributed by atoms with van der Waals surface area (Å²) in [6.45, 7) is 0. The van der Waals surface area contributed by atoms with Crippen molar-refractivity contribution in [2.24, 2.45) is 0 Å². The second-order valence-electron chi connectivity index (χ2n) is 14.9. The average molecular weight is 733 g/mol. The van der Waals surface area contributed by atoms with E-state index in [0.717, 1.165) is 44.5 Å². The van der Waals surface area contributed by atoms with E-state index in [2.05, 4.69) is 78.9 Å². The molecule has 8 aromatic carbocycles. The molecule has 0 N–H and O–H groups in total. The van der Waals surface area contributed by atoms with Crippen LogP contribution in [0.3, 0.4) is 0 Å². The minimum absolute atomic E-state index is 0.0196. The Bertz CT molecular complexity index is 3050. The molecule has 0 unspecified atom stereocenters. The molecule has 0 aliphatic carbocycles. The number of furan rings is 1. The molecule has 0 saturated carbocycles. The predicted octanol–water partition coefficient (Wildman–Crippen LogP) is 0.320. The first-order chi connectivity index (χ1) is 28.8. The van der Waals surface area contributed by atoms with E-state index in [1.807, 2.05) is 48.5 Å². The van der Waals surface area contributed by atoms with Crippen molar-refractivity contribution in [1.82, 2.24) is 0 Å². The molecule has 252 valence electrons. The summed E-state index contributed by atoms with van der Waals surface area (Å²) in [5, 5.41) is 0.814. The summed E-state index contributed by atoms with van der Waals surface area (Å²) in [5.74, 6) is 0. The Morgan fingerprint density at radius 3 is 1.00 bits per heavy atom. The smallest absolute Gasteiger partial charge is 0.128 e. The lowest BCUT2D eigenvalue weighted by Crippen LogP contribution is -2.56. The van der Waals surface area contributed by atoms with Crippen LogP contribution in [0.2, 0.25) is 0 Å². The molecule has 0 aliphatic heterocycles. The highest BCUT2D eigenvalue weighted by molar-refractivity contribution is 6.71. The quantitative estimate of drug-likeness (QED) is 0.225. The van der Waals surface area contributed by atoms with Crippen molar-refractivity contribution >= 4 is 168 Å². The molecule has 9 aromatic rings. The lowest BCUT2D eigenvalue weighted by molar-refractivity contribution is 0.675. The maximum atomic E-state index is 7.13. The van der Waals surface area contributed by atoms with Crippen LogP contribution in [-0.4, -0.2) is 86.3 Å². The zero-order chi connectivity index (χ0) is 42.1. The van der Waals surface area contributed by atoms with Gasteiger partial charge in [-0.1, -0.05) is 147 Å². The van der Waals surface area contributed by atoms with E-state index >= 15 is 0 Å². The third-order valence-corrected chi connectivity index (χ3v) is 11.4. The fraction of sp³-hybridized carbons (Fsp3) is 0. The Kier molecular flexibility index (Phi) is 10.2. The predicted molar refractivity (Wildman–Crippen MR) is 266 cm³/mol. The van der Waals surface area contributed by atoms with Crippen LogP contribution in [0, 0.1) is 0 Å². The number of hydrogen-bond acceptors (Lipinski definition) is 1. The third kappa shape index (κ3) is 6.42. The monoisotopic (exact) mass is 734 g/mol. The van der Waals surface area contributed by atoms with Crippen molar-refractivity contribution in [2.75, 3.05) is 0 Å². The zero-order valence-corrected chi connectivity index (χ0v) is 32.4. The second-order valence-corrected chi connectivity index (χ2v) is 14.9. The topological polar surface area (TPSA) is 13.1 Å². The van der Waals surface area contributed by atoms with Crippen molar-refractivity contribution in [3.8, 4) is 66.8 Å². The van der Waals surface area contributed by atoms with Crippen molar-refractivity contribution in [3.63, 3.8) is 0 Å². The van der Waals surface area contributed by atoms with Crippen LogP contribution in [0.4, 0.5) is 0 Å². The van der Waals surface area contributed by atoms with Gasteiger partial charge < -0.3 is 4.42 Å². The summed E-state index contributed by atoms with van der Waals surface area (Å²) in [6.07, 6.45) is 0. The summed E-state index contributed by atoms with van der Waals surface area (Å²) in [4.78, 5) is 0. The van der Waals surface area contributed by atoms with Gasteiger partial charge in [0.25, 0.3) is 0 Å². The van der Waals surface area contributed by atoms with Gasteiger partial charge in [0.05, 0.1) is 0 Å². The first-order valence-electron chi connectivity index (χ1n) is 19.0. The average Bonchev–Trinajstić information content (AvgIpc) is 3.69. The standard InChI is InChI=1S/C48H21B11O/c49-36-33(34-38(51)41(54)44(57)42(55)39(34)52)40(53)45(58)48-35(36)32-31(37(50)43(56)46(59)47(32)60-48)30-20-28(26-15-11-24(12-16-26)22-7-3-1-4-8-22)19-29(21-30)27-17-13-25(14-18-27)23-9-5-2-6-10-23/h1-21H. The largest absolute Gasteiger partial charge is 0.457 e. The van der Waals surface area contributed by atoms with Crippen molar-refractivity contribution in [1.29, 1.82) is 0 Å². The Balaban J connectivity index is 1.34. The number of hydrogen-bond donors (Lipinski definition) is 0. The van der Waals surface area contributed by atoms with E-state index in [0.29, 0.717) is 21.9 Å². The van der Waals surface area contributed by atoms with Gasteiger partial charge in [-0.3, -0.25) is 0 Å². The molecule has 0 aliphatic rings. The molecule has 60 heavy (non-hydrogen) atoms. The van der Waals surface area contributed by atoms with Crippen LogP contribution >= 0.6 is 0 Å². The minimum atomic E-state index is 0.0196. The molecule has 9 rings (SSSR count). The molecule has 0 spiro atoms. The van der Waals surface area contributed by atoms with Crippen LogP contribution < -0.4 is 60.1 Å². The van der Waals surface area contributed by atoms with Gasteiger partial charge in [-0.25, -0.2) is 0 Å². The maximum Gasteiger partial charge on any atom is 0.128 e. The van der Waals surface area contributed by atoms with Crippen molar-refractivity contribution in [3.05, 3.63) is 127 Å². The minimum Gasteiger partial charge on any atom is -0.457 e. The molecule has 1 aromatic heterocycles. The molecule has 12 heteroatoms. The fourth-order valence-corrected chi connectivity index (χ4v) is 8.13. The first-order valence-corrected chi connectivity index (χ1v) is 19.0.